The highest BCUT2D eigenvalue weighted by molar-refractivity contribution is 7.99. The number of nitrogens with zero attached hydrogens (tertiary/aromatic N) is 4. The standard InChI is InChI=1S/C16H15N5O2S/c1-23-13-7-3-2-6-12(13)21-15(11-5-4-8-18-9-11)19-20-16(21)24-10-14(17)22/h2-9H,10H2,1H3,(H2,17,22). The van der Waals surface area contributed by atoms with Crippen LogP contribution in [-0.2, 0) is 4.79 Å². The van der Waals surface area contributed by atoms with E-state index in [1.165, 1.54) is 11.8 Å². The molecule has 0 aliphatic rings. The number of primary amides is 1. The van der Waals surface area contributed by atoms with E-state index in [4.69, 9.17) is 10.5 Å². The molecule has 0 atom stereocenters. The number of hydrogen-bond acceptors (Lipinski definition) is 6. The van der Waals surface area contributed by atoms with Gasteiger partial charge >= 0.3 is 0 Å². The van der Waals surface area contributed by atoms with Crippen molar-refractivity contribution < 1.29 is 9.53 Å². The van der Waals surface area contributed by atoms with E-state index in [0.29, 0.717) is 16.7 Å². The quantitative estimate of drug-likeness (QED) is 0.688. The van der Waals surface area contributed by atoms with Crippen molar-refractivity contribution in [2.45, 2.75) is 5.16 Å². The van der Waals surface area contributed by atoms with Crippen molar-refractivity contribution in [2.24, 2.45) is 5.73 Å². The first-order valence-corrected chi connectivity index (χ1v) is 8.09. The first kappa shape index (κ1) is 16.0. The Kier molecular flexibility index (Phi) is 4.76. The van der Waals surface area contributed by atoms with Gasteiger partial charge in [0, 0.05) is 18.0 Å². The Morgan fingerprint density at radius 1 is 1.25 bits per heavy atom. The number of carbonyl (C=O) groups excluding carboxylic acids is 1. The minimum absolute atomic E-state index is 0.111. The molecular weight excluding hydrogens is 326 g/mol. The third kappa shape index (κ3) is 3.23. The molecule has 0 spiro atoms. The van der Waals surface area contributed by atoms with E-state index in [1.807, 2.05) is 41.0 Å². The van der Waals surface area contributed by atoms with Gasteiger partial charge in [0.25, 0.3) is 0 Å². The molecule has 0 aliphatic carbocycles. The van der Waals surface area contributed by atoms with Crippen LogP contribution >= 0.6 is 11.8 Å². The molecule has 3 aromatic rings. The third-order valence-electron chi connectivity index (χ3n) is 3.22. The number of ether oxygens (including phenoxy) is 1. The average Bonchev–Trinajstić information content (AvgIpc) is 3.04. The van der Waals surface area contributed by atoms with E-state index in [0.717, 1.165) is 11.3 Å². The summed E-state index contributed by atoms with van der Waals surface area (Å²) < 4.78 is 7.28. The van der Waals surface area contributed by atoms with Gasteiger partial charge in [-0.25, -0.2) is 0 Å². The summed E-state index contributed by atoms with van der Waals surface area (Å²) >= 11 is 1.22. The summed E-state index contributed by atoms with van der Waals surface area (Å²) in [6.45, 7) is 0. The molecule has 0 saturated heterocycles. The number of rotatable bonds is 6. The molecule has 2 N–H and O–H groups in total. The summed E-state index contributed by atoms with van der Waals surface area (Å²) in [6, 6.07) is 11.2. The normalized spacial score (nSPS) is 10.5. The van der Waals surface area contributed by atoms with Crippen LogP contribution in [0.4, 0.5) is 0 Å². The van der Waals surface area contributed by atoms with Crippen molar-refractivity contribution in [1.29, 1.82) is 0 Å². The van der Waals surface area contributed by atoms with Gasteiger partial charge in [0.15, 0.2) is 11.0 Å². The molecule has 0 bridgehead atoms. The molecule has 0 radical (unpaired) electrons. The van der Waals surface area contributed by atoms with Crippen LogP contribution in [0.25, 0.3) is 17.1 Å². The second-order valence-corrected chi connectivity index (χ2v) is 5.75. The van der Waals surface area contributed by atoms with Crippen LogP contribution in [0, 0.1) is 0 Å². The summed E-state index contributed by atoms with van der Waals surface area (Å²) in [5.74, 6) is 0.973. The van der Waals surface area contributed by atoms with Crippen LogP contribution in [0.15, 0.2) is 53.9 Å². The van der Waals surface area contributed by atoms with Crippen LogP contribution in [0.1, 0.15) is 0 Å². The lowest BCUT2D eigenvalue weighted by Crippen LogP contribution is -2.13. The number of benzene rings is 1. The number of para-hydroxylation sites is 2. The Morgan fingerprint density at radius 2 is 2.08 bits per heavy atom. The molecule has 2 heterocycles. The number of carbonyl (C=O) groups is 1. The topological polar surface area (TPSA) is 95.9 Å². The lowest BCUT2D eigenvalue weighted by atomic mass is 10.2. The first-order valence-electron chi connectivity index (χ1n) is 7.11. The van der Waals surface area contributed by atoms with E-state index in [2.05, 4.69) is 15.2 Å². The average molecular weight is 341 g/mol. The zero-order chi connectivity index (χ0) is 16.9. The predicted octanol–water partition coefficient (Wildman–Crippen LogP) is 1.92. The number of thioether (sulfide) groups is 1. The maximum atomic E-state index is 11.1. The third-order valence-corrected chi connectivity index (χ3v) is 4.17. The first-order chi connectivity index (χ1) is 11.7. The van der Waals surface area contributed by atoms with Gasteiger partial charge in [-0.15, -0.1) is 10.2 Å². The lowest BCUT2D eigenvalue weighted by Gasteiger charge is -2.13. The van der Waals surface area contributed by atoms with Crippen molar-refractivity contribution in [1.82, 2.24) is 19.7 Å². The fourth-order valence-electron chi connectivity index (χ4n) is 2.21. The number of methoxy groups -OCH3 is 1. The Bertz CT molecular complexity index is 851. The molecule has 3 rings (SSSR count). The van der Waals surface area contributed by atoms with E-state index in [1.54, 1.807) is 19.5 Å². The molecule has 1 amide bonds. The minimum Gasteiger partial charge on any atom is -0.495 e. The van der Waals surface area contributed by atoms with E-state index in [-0.39, 0.29) is 5.75 Å². The summed E-state index contributed by atoms with van der Waals surface area (Å²) in [5, 5.41) is 9.01. The molecule has 0 saturated carbocycles. The van der Waals surface area contributed by atoms with Gasteiger partial charge in [0.2, 0.25) is 5.91 Å². The van der Waals surface area contributed by atoms with E-state index < -0.39 is 5.91 Å². The maximum absolute atomic E-state index is 11.1. The fourth-order valence-corrected chi connectivity index (χ4v) is 2.90. The maximum Gasteiger partial charge on any atom is 0.227 e. The van der Waals surface area contributed by atoms with Gasteiger partial charge in [0.1, 0.15) is 5.75 Å². The SMILES string of the molecule is COc1ccccc1-n1c(SCC(N)=O)nnc1-c1cccnc1. The Hall–Kier alpha value is -2.87. The largest absolute Gasteiger partial charge is 0.495 e. The van der Waals surface area contributed by atoms with E-state index in [9.17, 15) is 4.79 Å². The lowest BCUT2D eigenvalue weighted by molar-refractivity contribution is -0.115. The number of hydrogen-bond donors (Lipinski definition) is 1. The van der Waals surface area contributed by atoms with Crippen molar-refractivity contribution in [3.8, 4) is 22.8 Å². The highest BCUT2D eigenvalue weighted by Crippen LogP contribution is 2.32. The number of amides is 1. The monoisotopic (exact) mass is 341 g/mol. The molecule has 24 heavy (non-hydrogen) atoms. The molecular formula is C16H15N5O2S. The molecule has 7 nitrogen and oxygen atoms in total. The van der Waals surface area contributed by atoms with Crippen LogP contribution in [0.2, 0.25) is 0 Å². The van der Waals surface area contributed by atoms with Crippen molar-refractivity contribution in [3.63, 3.8) is 0 Å². The summed E-state index contributed by atoms with van der Waals surface area (Å²) in [7, 11) is 1.60. The number of pyridine rings is 1. The van der Waals surface area contributed by atoms with Crippen molar-refractivity contribution in [2.75, 3.05) is 12.9 Å². The molecule has 1 aromatic carbocycles. The minimum atomic E-state index is -0.419. The van der Waals surface area contributed by atoms with Crippen LogP contribution in [-0.4, -0.2) is 38.5 Å². The van der Waals surface area contributed by atoms with Gasteiger partial charge in [-0.2, -0.15) is 0 Å². The molecule has 0 aliphatic heterocycles. The predicted molar refractivity (Wildman–Crippen MR) is 91.1 cm³/mol. The van der Waals surface area contributed by atoms with Gasteiger partial charge in [-0.3, -0.25) is 14.3 Å². The molecule has 0 unspecified atom stereocenters. The molecule has 0 fully saturated rings. The number of aromatic nitrogens is 4. The van der Waals surface area contributed by atoms with Gasteiger partial charge < -0.3 is 10.5 Å². The summed E-state index contributed by atoms with van der Waals surface area (Å²) in [6.07, 6.45) is 3.40. The van der Waals surface area contributed by atoms with Crippen molar-refractivity contribution >= 4 is 17.7 Å². The van der Waals surface area contributed by atoms with Gasteiger partial charge in [-0.1, -0.05) is 23.9 Å². The van der Waals surface area contributed by atoms with Gasteiger partial charge in [-0.05, 0) is 24.3 Å². The molecule has 2 aromatic heterocycles. The van der Waals surface area contributed by atoms with E-state index >= 15 is 0 Å². The second-order valence-electron chi connectivity index (χ2n) is 4.81. The zero-order valence-corrected chi connectivity index (χ0v) is 13.7. The highest BCUT2D eigenvalue weighted by Gasteiger charge is 2.19. The van der Waals surface area contributed by atoms with Crippen LogP contribution in [0.5, 0.6) is 5.75 Å². The Balaban J connectivity index is 2.16. The summed E-state index contributed by atoms with van der Waals surface area (Å²) in [4.78, 5) is 15.3. The van der Waals surface area contributed by atoms with Crippen molar-refractivity contribution in [3.05, 3.63) is 48.8 Å². The second kappa shape index (κ2) is 7.14. The smallest absolute Gasteiger partial charge is 0.227 e. The molecule has 8 heteroatoms. The van der Waals surface area contributed by atoms with Crippen LogP contribution in [0.3, 0.4) is 0 Å². The fraction of sp³-hybridized carbons (Fsp3) is 0.125. The van der Waals surface area contributed by atoms with Crippen LogP contribution < -0.4 is 10.5 Å². The Labute approximate surface area is 142 Å². The number of nitrogens with two attached hydrogens (primary N) is 1. The Morgan fingerprint density at radius 3 is 2.79 bits per heavy atom. The highest BCUT2D eigenvalue weighted by atomic mass is 32.2. The molecule has 122 valence electrons. The zero-order valence-electron chi connectivity index (χ0n) is 12.9. The van der Waals surface area contributed by atoms with Gasteiger partial charge in [0.05, 0.1) is 18.6 Å². The summed E-state index contributed by atoms with van der Waals surface area (Å²) in [5.41, 5.74) is 6.83.